The number of rotatable bonds is 2. The molecule has 5 nitrogen and oxygen atoms in total. The van der Waals surface area contributed by atoms with E-state index in [4.69, 9.17) is 9.52 Å². The molecular formula is C13H14N2O3. The molecule has 1 aromatic heterocycles. The number of fused-ring (bicyclic) bond motifs is 1. The van der Waals surface area contributed by atoms with Crippen molar-refractivity contribution in [1.82, 2.24) is 4.98 Å². The molecule has 1 N–H and O–H groups in total. The third-order valence-corrected chi connectivity index (χ3v) is 3.45. The molecule has 0 bridgehead atoms. The van der Waals surface area contributed by atoms with Crippen LogP contribution in [0.1, 0.15) is 12.8 Å². The number of hydrogen-bond acceptors (Lipinski definition) is 4. The van der Waals surface area contributed by atoms with Crippen LogP contribution in [0, 0.1) is 5.92 Å². The topological polar surface area (TPSA) is 66.6 Å². The van der Waals surface area contributed by atoms with Gasteiger partial charge >= 0.3 is 5.97 Å². The largest absolute Gasteiger partial charge is 0.481 e. The second kappa shape index (κ2) is 4.33. The summed E-state index contributed by atoms with van der Waals surface area (Å²) in [6.45, 7) is 1.46. The Kier molecular flexibility index (Phi) is 2.66. The van der Waals surface area contributed by atoms with Gasteiger partial charge in [-0.25, -0.2) is 4.98 Å². The Morgan fingerprint density at radius 3 is 3.22 bits per heavy atom. The molecule has 1 aliphatic heterocycles. The molecule has 1 aromatic carbocycles. The molecule has 18 heavy (non-hydrogen) atoms. The fraction of sp³-hybridized carbons (Fsp3) is 0.385. The van der Waals surface area contributed by atoms with E-state index in [9.17, 15) is 4.79 Å². The maximum Gasteiger partial charge on any atom is 0.308 e. The third-order valence-electron chi connectivity index (χ3n) is 3.45. The maximum atomic E-state index is 11.0. The van der Waals surface area contributed by atoms with E-state index in [2.05, 4.69) is 9.88 Å². The van der Waals surface area contributed by atoms with Crippen molar-refractivity contribution in [1.29, 1.82) is 0 Å². The molecule has 94 valence electrons. The van der Waals surface area contributed by atoms with Gasteiger partial charge in [-0.15, -0.1) is 0 Å². The van der Waals surface area contributed by atoms with Crippen LogP contribution in [0.4, 0.5) is 5.69 Å². The predicted octanol–water partition coefficient (Wildman–Crippen LogP) is 2.13. The molecule has 1 aliphatic rings. The monoisotopic (exact) mass is 246 g/mol. The van der Waals surface area contributed by atoms with Gasteiger partial charge in [-0.2, -0.15) is 0 Å². The second-order valence-corrected chi connectivity index (χ2v) is 4.63. The summed E-state index contributed by atoms with van der Waals surface area (Å²) in [5.41, 5.74) is 2.57. The number of carboxylic acids is 1. The van der Waals surface area contributed by atoms with Gasteiger partial charge in [-0.05, 0) is 25.0 Å². The second-order valence-electron chi connectivity index (χ2n) is 4.63. The van der Waals surface area contributed by atoms with Gasteiger partial charge in [0.1, 0.15) is 5.52 Å². The Morgan fingerprint density at radius 2 is 2.39 bits per heavy atom. The fourth-order valence-electron chi connectivity index (χ4n) is 2.45. The molecule has 0 spiro atoms. The highest BCUT2D eigenvalue weighted by molar-refractivity contribution is 5.77. The van der Waals surface area contributed by atoms with Crippen LogP contribution in [-0.2, 0) is 4.79 Å². The van der Waals surface area contributed by atoms with Gasteiger partial charge in [-0.1, -0.05) is 0 Å². The van der Waals surface area contributed by atoms with Crippen molar-refractivity contribution in [3.63, 3.8) is 0 Å². The summed E-state index contributed by atoms with van der Waals surface area (Å²) in [5, 5.41) is 9.09. The molecule has 1 unspecified atom stereocenters. The van der Waals surface area contributed by atoms with Crippen LogP contribution in [0.3, 0.4) is 0 Å². The van der Waals surface area contributed by atoms with Crippen molar-refractivity contribution in [2.75, 3.05) is 18.0 Å². The first-order chi connectivity index (χ1) is 8.74. The van der Waals surface area contributed by atoms with Gasteiger partial charge in [0.25, 0.3) is 0 Å². The lowest BCUT2D eigenvalue weighted by molar-refractivity contribution is -0.141. The van der Waals surface area contributed by atoms with Crippen LogP contribution in [-0.4, -0.2) is 29.1 Å². The number of aliphatic carboxylic acids is 1. The standard InChI is InChI=1S/C13H14N2O3/c16-13(17)9-2-1-5-15(7-9)10-3-4-11-12(6-10)18-8-14-11/h3-4,6,8-9H,1-2,5,7H2,(H,16,17). The van der Waals surface area contributed by atoms with Crippen molar-refractivity contribution in [2.45, 2.75) is 12.8 Å². The Bertz CT molecular complexity index is 578. The molecule has 3 rings (SSSR count). The van der Waals surface area contributed by atoms with E-state index < -0.39 is 5.97 Å². The summed E-state index contributed by atoms with van der Waals surface area (Å²) in [7, 11) is 0. The Hall–Kier alpha value is -2.04. The molecule has 2 heterocycles. The Morgan fingerprint density at radius 1 is 1.50 bits per heavy atom. The summed E-state index contributed by atoms with van der Waals surface area (Å²) in [5.74, 6) is -0.982. The lowest BCUT2D eigenvalue weighted by Crippen LogP contribution is -2.38. The van der Waals surface area contributed by atoms with Crippen LogP contribution in [0.15, 0.2) is 29.0 Å². The quantitative estimate of drug-likeness (QED) is 0.879. The zero-order valence-corrected chi connectivity index (χ0v) is 9.87. The number of aromatic nitrogens is 1. The Labute approximate surface area is 104 Å². The zero-order chi connectivity index (χ0) is 12.5. The van der Waals surface area contributed by atoms with Crippen molar-refractivity contribution < 1.29 is 14.3 Å². The molecule has 0 saturated carbocycles. The number of carbonyl (C=O) groups is 1. The van der Waals surface area contributed by atoms with Crippen LogP contribution < -0.4 is 4.90 Å². The van der Waals surface area contributed by atoms with E-state index in [1.54, 1.807) is 0 Å². The number of hydrogen-bond donors (Lipinski definition) is 1. The normalized spacial score (nSPS) is 20.2. The number of oxazole rings is 1. The summed E-state index contributed by atoms with van der Waals surface area (Å²) in [4.78, 5) is 17.2. The van der Waals surface area contributed by atoms with Gasteiger partial charge < -0.3 is 14.4 Å². The van der Waals surface area contributed by atoms with E-state index in [0.29, 0.717) is 6.54 Å². The molecule has 2 aromatic rings. The predicted molar refractivity (Wildman–Crippen MR) is 66.6 cm³/mol. The smallest absolute Gasteiger partial charge is 0.308 e. The number of nitrogens with zero attached hydrogens (tertiary/aromatic N) is 2. The lowest BCUT2D eigenvalue weighted by Gasteiger charge is -2.32. The van der Waals surface area contributed by atoms with Crippen LogP contribution in [0.2, 0.25) is 0 Å². The van der Waals surface area contributed by atoms with E-state index in [1.807, 2.05) is 18.2 Å². The average molecular weight is 246 g/mol. The minimum atomic E-state index is -0.708. The van der Waals surface area contributed by atoms with E-state index in [-0.39, 0.29) is 5.92 Å². The zero-order valence-electron chi connectivity index (χ0n) is 9.87. The summed E-state index contributed by atoms with van der Waals surface area (Å²) in [6.07, 6.45) is 3.09. The van der Waals surface area contributed by atoms with Gasteiger partial charge in [-0.3, -0.25) is 4.79 Å². The summed E-state index contributed by atoms with van der Waals surface area (Å²) < 4.78 is 5.27. The van der Waals surface area contributed by atoms with E-state index in [0.717, 1.165) is 36.2 Å². The van der Waals surface area contributed by atoms with Gasteiger partial charge in [0, 0.05) is 24.8 Å². The van der Waals surface area contributed by atoms with Crippen LogP contribution in [0.25, 0.3) is 11.1 Å². The first-order valence-electron chi connectivity index (χ1n) is 6.05. The summed E-state index contributed by atoms with van der Waals surface area (Å²) in [6, 6.07) is 5.79. The summed E-state index contributed by atoms with van der Waals surface area (Å²) >= 11 is 0. The highest BCUT2D eigenvalue weighted by Gasteiger charge is 2.25. The molecule has 0 radical (unpaired) electrons. The molecule has 0 aliphatic carbocycles. The van der Waals surface area contributed by atoms with E-state index >= 15 is 0 Å². The first-order valence-corrected chi connectivity index (χ1v) is 6.05. The maximum absolute atomic E-state index is 11.0. The van der Waals surface area contributed by atoms with Crippen molar-refractivity contribution >= 4 is 22.8 Å². The van der Waals surface area contributed by atoms with Gasteiger partial charge in [0.05, 0.1) is 5.92 Å². The minimum absolute atomic E-state index is 0.274. The van der Waals surface area contributed by atoms with Gasteiger partial charge in [0.2, 0.25) is 0 Å². The lowest BCUT2D eigenvalue weighted by atomic mass is 9.98. The highest BCUT2D eigenvalue weighted by Crippen LogP contribution is 2.26. The number of benzene rings is 1. The molecular weight excluding hydrogens is 232 g/mol. The van der Waals surface area contributed by atoms with Crippen molar-refractivity contribution in [2.24, 2.45) is 5.92 Å². The average Bonchev–Trinajstić information content (AvgIpc) is 2.86. The molecule has 1 atom stereocenters. The van der Waals surface area contributed by atoms with Crippen LogP contribution in [0.5, 0.6) is 0 Å². The third kappa shape index (κ3) is 1.92. The minimum Gasteiger partial charge on any atom is -0.481 e. The number of carboxylic acid groups (broad SMARTS) is 1. The fourth-order valence-corrected chi connectivity index (χ4v) is 2.45. The number of piperidine rings is 1. The number of anilines is 1. The molecule has 5 heteroatoms. The van der Waals surface area contributed by atoms with Crippen LogP contribution >= 0.6 is 0 Å². The first kappa shape index (κ1) is 11.1. The van der Waals surface area contributed by atoms with Crippen molar-refractivity contribution in [3.05, 3.63) is 24.6 Å². The molecule has 1 saturated heterocycles. The molecule has 1 fully saturated rings. The molecule has 0 amide bonds. The highest BCUT2D eigenvalue weighted by atomic mass is 16.4. The van der Waals surface area contributed by atoms with Crippen molar-refractivity contribution in [3.8, 4) is 0 Å². The van der Waals surface area contributed by atoms with Gasteiger partial charge in [0.15, 0.2) is 12.0 Å². The SMILES string of the molecule is O=C(O)C1CCCN(c2ccc3ncoc3c2)C1. The van der Waals surface area contributed by atoms with E-state index in [1.165, 1.54) is 6.39 Å². The Balaban J connectivity index is 1.86.